The molecule has 0 radical (unpaired) electrons. The highest BCUT2D eigenvalue weighted by atomic mass is 16.4. The number of hydrogen-bond donors (Lipinski definition) is 3. The number of rotatable bonds is 4. The van der Waals surface area contributed by atoms with Gasteiger partial charge in [-0.3, -0.25) is 0 Å². The summed E-state index contributed by atoms with van der Waals surface area (Å²) in [6, 6.07) is 0. The first-order valence-electron chi connectivity index (χ1n) is 4.41. The average molecular weight is 212 g/mol. The third-order valence-electron chi connectivity index (χ3n) is 2.34. The molecular weight excluding hydrogens is 200 g/mol. The average Bonchev–Trinajstić information content (AvgIpc) is 2.67. The Kier molecular flexibility index (Phi) is 2.95. The normalized spacial score (nSPS) is 30.5. The number of aliphatic carboxylic acids is 2. The van der Waals surface area contributed by atoms with E-state index in [1.54, 1.807) is 6.92 Å². The summed E-state index contributed by atoms with van der Waals surface area (Å²) in [7, 11) is 0. The molecule has 1 rings (SSSR count). The van der Waals surface area contributed by atoms with Crippen LogP contribution in [0.5, 0.6) is 0 Å². The molecule has 3 N–H and O–H groups in total. The van der Waals surface area contributed by atoms with E-state index in [1.807, 2.05) is 0 Å². The standard InChI is InChI=1S/C10H12O5/c1-10(15)5-7(10)6(9(13)14)3-2-4-8(11)12/h2-4,7,15H,5H2,1H3,(H,11,12)(H,13,14). The zero-order valence-electron chi connectivity index (χ0n) is 8.17. The van der Waals surface area contributed by atoms with Gasteiger partial charge in [-0.2, -0.15) is 0 Å². The van der Waals surface area contributed by atoms with Crippen molar-refractivity contribution in [2.45, 2.75) is 18.9 Å². The Labute approximate surface area is 86.3 Å². The number of carboxylic acid groups (broad SMARTS) is 2. The van der Waals surface area contributed by atoms with Crippen LogP contribution in [-0.4, -0.2) is 32.9 Å². The first kappa shape index (κ1) is 11.5. The topological polar surface area (TPSA) is 94.8 Å². The maximum Gasteiger partial charge on any atom is 0.331 e. The number of carboxylic acids is 2. The summed E-state index contributed by atoms with van der Waals surface area (Å²) in [6.07, 6.45) is 3.61. The lowest BCUT2D eigenvalue weighted by atomic mass is 10.1. The van der Waals surface area contributed by atoms with Gasteiger partial charge in [0.05, 0.1) is 5.60 Å². The molecule has 5 nitrogen and oxygen atoms in total. The molecule has 0 spiro atoms. The molecule has 1 aliphatic rings. The Balaban J connectivity index is 2.76. The second kappa shape index (κ2) is 3.86. The van der Waals surface area contributed by atoms with Gasteiger partial charge < -0.3 is 15.3 Å². The van der Waals surface area contributed by atoms with Crippen LogP contribution in [0, 0.1) is 5.92 Å². The SMILES string of the molecule is CC1(O)CC1C(=CC=CC(=O)O)C(=O)O. The van der Waals surface area contributed by atoms with Crippen molar-refractivity contribution in [3.63, 3.8) is 0 Å². The van der Waals surface area contributed by atoms with Crippen molar-refractivity contribution in [2.24, 2.45) is 5.92 Å². The molecule has 0 amide bonds. The molecule has 1 saturated carbocycles. The van der Waals surface area contributed by atoms with Crippen molar-refractivity contribution in [1.82, 2.24) is 0 Å². The van der Waals surface area contributed by atoms with Gasteiger partial charge in [0.15, 0.2) is 0 Å². The van der Waals surface area contributed by atoms with Crippen LogP contribution in [0.25, 0.3) is 0 Å². The van der Waals surface area contributed by atoms with Gasteiger partial charge in [0, 0.05) is 17.6 Å². The van der Waals surface area contributed by atoms with Gasteiger partial charge in [0.1, 0.15) is 0 Å². The largest absolute Gasteiger partial charge is 0.478 e. The lowest BCUT2D eigenvalue weighted by molar-refractivity contribution is -0.133. The van der Waals surface area contributed by atoms with E-state index in [9.17, 15) is 14.7 Å². The number of carbonyl (C=O) groups is 2. The first-order chi connectivity index (χ1) is 6.84. The van der Waals surface area contributed by atoms with Crippen molar-refractivity contribution in [3.05, 3.63) is 23.8 Å². The monoisotopic (exact) mass is 212 g/mol. The lowest BCUT2D eigenvalue weighted by Gasteiger charge is -2.02. The minimum atomic E-state index is -1.14. The molecule has 0 aromatic carbocycles. The molecule has 0 aliphatic heterocycles. The van der Waals surface area contributed by atoms with Crippen LogP contribution in [0.3, 0.4) is 0 Å². The predicted octanol–water partition coefficient (Wildman–Crippen LogP) is 0.409. The minimum absolute atomic E-state index is 0.0394. The molecule has 0 aromatic rings. The van der Waals surface area contributed by atoms with E-state index in [4.69, 9.17) is 10.2 Å². The highest BCUT2D eigenvalue weighted by molar-refractivity contribution is 5.89. The van der Waals surface area contributed by atoms with Gasteiger partial charge in [-0.15, -0.1) is 0 Å². The number of aliphatic hydroxyl groups is 1. The van der Waals surface area contributed by atoms with Crippen LogP contribution >= 0.6 is 0 Å². The van der Waals surface area contributed by atoms with E-state index in [0.29, 0.717) is 6.42 Å². The zero-order valence-corrected chi connectivity index (χ0v) is 8.17. The summed E-state index contributed by atoms with van der Waals surface area (Å²) < 4.78 is 0. The van der Waals surface area contributed by atoms with Crippen molar-refractivity contribution < 1.29 is 24.9 Å². The molecule has 82 valence electrons. The van der Waals surface area contributed by atoms with Crippen LogP contribution in [0.15, 0.2) is 23.8 Å². The van der Waals surface area contributed by atoms with E-state index in [-0.39, 0.29) is 5.57 Å². The highest BCUT2D eigenvalue weighted by Gasteiger charge is 2.52. The summed E-state index contributed by atoms with van der Waals surface area (Å²) in [5.74, 6) is -2.68. The molecule has 5 heteroatoms. The molecule has 0 heterocycles. The third-order valence-corrected chi connectivity index (χ3v) is 2.34. The van der Waals surface area contributed by atoms with Gasteiger partial charge in [-0.1, -0.05) is 12.2 Å². The maximum absolute atomic E-state index is 10.8. The molecule has 1 aliphatic carbocycles. The smallest absolute Gasteiger partial charge is 0.331 e. The van der Waals surface area contributed by atoms with E-state index < -0.39 is 23.5 Å². The van der Waals surface area contributed by atoms with Gasteiger partial charge in [-0.25, -0.2) is 9.59 Å². The molecule has 1 fully saturated rings. The highest BCUT2D eigenvalue weighted by Crippen LogP contribution is 2.47. The summed E-state index contributed by atoms with van der Waals surface area (Å²) in [5.41, 5.74) is -0.932. The molecular formula is C10H12O5. The molecule has 2 atom stereocenters. The lowest BCUT2D eigenvalue weighted by Crippen LogP contribution is -2.11. The fraction of sp³-hybridized carbons (Fsp3) is 0.400. The second-order valence-corrected chi connectivity index (χ2v) is 3.74. The number of hydrogen-bond acceptors (Lipinski definition) is 3. The summed E-state index contributed by atoms with van der Waals surface area (Å²) in [6.45, 7) is 1.55. The summed E-state index contributed by atoms with van der Waals surface area (Å²) in [5, 5.41) is 26.6. The zero-order chi connectivity index (χ0) is 11.6. The van der Waals surface area contributed by atoms with Crippen LogP contribution in [0.1, 0.15) is 13.3 Å². The van der Waals surface area contributed by atoms with E-state index in [2.05, 4.69) is 0 Å². The summed E-state index contributed by atoms with van der Waals surface area (Å²) in [4.78, 5) is 20.9. The van der Waals surface area contributed by atoms with Gasteiger partial charge >= 0.3 is 11.9 Å². The fourth-order valence-electron chi connectivity index (χ4n) is 1.37. The van der Waals surface area contributed by atoms with Crippen LogP contribution in [-0.2, 0) is 9.59 Å². The van der Waals surface area contributed by atoms with E-state index >= 15 is 0 Å². The van der Waals surface area contributed by atoms with Crippen molar-refractivity contribution in [3.8, 4) is 0 Å². The van der Waals surface area contributed by atoms with Crippen molar-refractivity contribution >= 4 is 11.9 Å². The molecule has 0 aromatic heterocycles. The van der Waals surface area contributed by atoms with Crippen LogP contribution < -0.4 is 0 Å². The Hall–Kier alpha value is -1.62. The Morgan fingerprint density at radius 2 is 1.93 bits per heavy atom. The second-order valence-electron chi connectivity index (χ2n) is 3.74. The predicted molar refractivity (Wildman–Crippen MR) is 51.2 cm³/mol. The molecule has 0 bridgehead atoms. The molecule has 15 heavy (non-hydrogen) atoms. The Morgan fingerprint density at radius 3 is 2.27 bits per heavy atom. The third kappa shape index (κ3) is 2.92. The fourth-order valence-corrected chi connectivity index (χ4v) is 1.37. The molecule has 0 saturated heterocycles. The molecule has 2 unspecified atom stereocenters. The van der Waals surface area contributed by atoms with Crippen LogP contribution in [0.2, 0.25) is 0 Å². The van der Waals surface area contributed by atoms with Crippen molar-refractivity contribution in [2.75, 3.05) is 0 Å². The van der Waals surface area contributed by atoms with E-state index in [1.165, 1.54) is 6.08 Å². The first-order valence-corrected chi connectivity index (χ1v) is 4.41. The minimum Gasteiger partial charge on any atom is -0.478 e. The van der Waals surface area contributed by atoms with E-state index in [0.717, 1.165) is 12.2 Å². The quantitative estimate of drug-likeness (QED) is 0.463. The van der Waals surface area contributed by atoms with Gasteiger partial charge in [0.2, 0.25) is 0 Å². The van der Waals surface area contributed by atoms with Gasteiger partial charge in [-0.05, 0) is 13.3 Å². The Bertz CT molecular complexity index is 351. The number of allylic oxidation sites excluding steroid dienone is 2. The Morgan fingerprint density at radius 1 is 1.40 bits per heavy atom. The summed E-state index contributed by atoms with van der Waals surface area (Å²) >= 11 is 0. The van der Waals surface area contributed by atoms with Gasteiger partial charge in [0.25, 0.3) is 0 Å². The van der Waals surface area contributed by atoms with Crippen molar-refractivity contribution in [1.29, 1.82) is 0 Å². The van der Waals surface area contributed by atoms with Crippen LogP contribution in [0.4, 0.5) is 0 Å². The maximum atomic E-state index is 10.8.